The molecule has 1 aliphatic rings. The number of hydrogen-bond donors (Lipinski definition) is 1. The molecule has 3 heterocycles. The van der Waals surface area contributed by atoms with E-state index in [-0.39, 0.29) is 24.6 Å². The van der Waals surface area contributed by atoms with E-state index >= 15 is 0 Å². The molecule has 1 fully saturated rings. The van der Waals surface area contributed by atoms with Crippen LogP contribution in [0, 0.1) is 0 Å². The first kappa shape index (κ1) is 20.7. The number of aliphatic hydroxyl groups is 1. The predicted molar refractivity (Wildman–Crippen MR) is 118 cm³/mol. The second kappa shape index (κ2) is 8.68. The highest BCUT2D eigenvalue weighted by atomic mass is 16.3. The zero-order valence-electron chi connectivity index (χ0n) is 17.6. The summed E-state index contributed by atoms with van der Waals surface area (Å²) in [7, 11) is 3.75. The molecule has 1 aromatic carbocycles. The SMILES string of the molecule is CN(C)c1ccc(C(=O)N2CCN(c3ccc4c(=O)n(CCO)cnc4c3)CC2)nn1. The summed E-state index contributed by atoms with van der Waals surface area (Å²) < 4.78 is 1.40. The largest absolute Gasteiger partial charge is 0.395 e. The van der Waals surface area contributed by atoms with Crippen LogP contribution in [0.2, 0.25) is 0 Å². The van der Waals surface area contributed by atoms with Gasteiger partial charge in [-0.2, -0.15) is 0 Å². The van der Waals surface area contributed by atoms with Crippen molar-refractivity contribution in [2.75, 3.05) is 56.7 Å². The molecule has 0 unspecified atom stereocenters. The Labute approximate surface area is 179 Å². The number of nitrogens with zero attached hydrogens (tertiary/aromatic N) is 7. The fraction of sp³-hybridized carbons (Fsp3) is 0.381. The first-order chi connectivity index (χ1) is 15.0. The molecule has 10 nitrogen and oxygen atoms in total. The monoisotopic (exact) mass is 423 g/mol. The van der Waals surface area contributed by atoms with Gasteiger partial charge in [-0.15, -0.1) is 10.2 Å². The summed E-state index contributed by atoms with van der Waals surface area (Å²) in [4.78, 5) is 35.4. The molecule has 10 heteroatoms. The van der Waals surface area contributed by atoms with E-state index in [1.807, 2.05) is 31.1 Å². The van der Waals surface area contributed by atoms with Gasteiger partial charge in [0.2, 0.25) is 0 Å². The van der Waals surface area contributed by atoms with Crippen LogP contribution in [-0.4, -0.2) is 82.5 Å². The maximum Gasteiger partial charge on any atom is 0.274 e. The van der Waals surface area contributed by atoms with E-state index in [1.165, 1.54) is 10.9 Å². The Morgan fingerprint density at radius 2 is 1.87 bits per heavy atom. The summed E-state index contributed by atoms with van der Waals surface area (Å²) in [5.74, 6) is 0.580. The van der Waals surface area contributed by atoms with Crippen molar-refractivity contribution < 1.29 is 9.90 Å². The van der Waals surface area contributed by atoms with Crippen LogP contribution < -0.4 is 15.4 Å². The molecule has 3 aromatic rings. The number of aliphatic hydroxyl groups excluding tert-OH is 1. The van der Waals surface area contributed by atoms with Crippen LogP contribution in [0.4, 0.5) is 11.5 Å². The molecule has 0 atom stereocenters. The van der Waals surface area contributed by atoms with E-state index in [1.54, 1.807) is 23.1 Å². The highest BCUT2D eigenvalue weighted by Crippen LogP contribution is 2.21. The smallest absolute Gasteiger partial charge is 0.274 e. The molecule has 1 saturated heterocycles. The summed E-state index contributed by atoms with van der Waals surface area (Å²) in [6.45, 7) is 2.59. The summed E-state index contributed by atoms with van der Waals surface area (Å²) >= 11 is 0. The van der Waals surface area contributed by atoms with Gasteiger partial charge in [0.15, 0.2) is 11.5 Å². The number of carbonyl (C=O) groups excluding carboxylic acids is 1. The molecule has 0 bridgehead atoms. The van der Waals surface area contributed by atoms with Crippen LogP contribution in [0.3, 0.4) is 0 Å². The number of anilines is 2. The molecule has 4 rings (SSSR count). The predicted octanol–water partition coefficient (Wildman–Crippen LogP) is 0.207. The average molecular weight is 423 g/mol. The standard InChI is InChI=1S/C21H25N7O3/c1-25(2)19-6-5-17(23-24-19)21(31)27-9-7-26(8-10-27)15-3-4-16-18(13-15)22-14-28(11-12-29)20(16)30/h3-6,13-14,29H,7-12H2,1-2H3. The molecule has 2 aromatic heterocycles. The Hall–Kier alpha value is -3.53. The molecule has 162 valence electrons. The number of hydrogen-bond acceptors (Lipinski definition) is 8. The maximum atomic E-state index is 12.7. The van der Waals surface area contributed by atoms with E-state index < -0.39 is 0 Å². The van der Waals surface area contributed by atoms with Crippen LogP contribution in [0.15, 0.2) is 41.5 Å². The zero-order valence-corrected chi connectivity index (χ0v) is 17.6. The lowest BCUT2D eigenvalue weighted by molar-refractivity contribution is 0.0739. The molecule has 0 spiro atoms. The molecule has 0 aliphatic carbocycles. The Morgan fingerprint density at radius 1 is 1.10 bits per heavy atom. The number of benzene rings is 1. The molecule has 0 radical (unpaired) electrons. The van der Waals surface area contributed by atoms with E-state index in [2.05, 4.69) is 20.1 Å². The first-order valence-corrected chi connectivity index (χ1v) is 10.1. The lowest BCUT2D eigenvalue weighted by Gasteiger charge is -2.36. The number of amides is 1. The quantitative estimate of drug-likeness (QED) is 0.621. The van der Waals surface area contributed by atoms with E-state index in [4.69, 9.17) is 5.11 Å². The van der Waals surface area contributed by atoms with E-state index in [0.717, 1.165) is 5.69 Å². The van der Waals surface area contributed by atoms with Gasteiger partial charge in [-0.25, -0.2) is 4.98 Å². The van der Waals surface area contributed by atoms with Gasteiger partial charge in [0.1, 0.15) is 0 Å². The van der Waals surface area contributed by atoms with Gasteiger partial charge >= 0.3 is 0 Å². The summed E-state index contributed by atoms with van der Waals surface area (Å²) in [5.41, 5.74) is 1.75. The van der Waals surface area contributed by atoms with Gasteiger partial charge in [0.05, 0.1) is 30.4 Å². The van der Waals surface area contributed by atoms with Crippen LogP contribution in [0.25, 0.3) is 10.9 Å². The Morgan fingerprint density at radius 3 is 2.52 bits per heavy atom. The average Bonchev–Trinajstić information content (AvgIpc) is 2.80. The molecule has 0 saturated carbocycles. The van der Waals surface area contributed by atoms with Gasteiger partial charge in [-0.3, -0.25) is 14.2 Å². The second-order valence-corrected chi connectivity index (χ2v) is 7.62. The van der Waals surface area contributed by atoms with Crippen molar-refractivity contribution in [2.45, 2.75) is 6.54 Å². The number of piperazine rings is 1. The van der Waals surface area contributed by atoms with Crippen LogP contribution >= 0.6 is 0 Å². The number of carbonyl (C=O) groups is 1. The van der Waals surface area contributed by atoms with Crippen LogP contribution in [0.5, 0.6) is 0 Å². The molecule has 1 amide bonds. The van der Waals surface area contributed by atoms with Crippen LogP contribution in [-0.2, 0) is 6.54 Å². The molecular formula is C21H25N7O3. The van der Waals surface area contributed by atoms with Crippen molar-refractivity contribution in [3.8, 4) is 0 Å². The highest BCUT2D eigenvalue weighted by Gasteiger charge is 2.24. The van der Waals surface area contributed by atoms with Gasteiger partial charge in [-0.1, -0.05) is 0 Å². The Kier molecular flexibility index (Phi) is 5.81. The lowest BCUT2D eigenvalue weighted by Crippen LogP contribution is -2.49. The topological polar surface area (TPSA) is 108 Å². The van der Waals surface area contributed by atoms with Gasteiger partial charge < -0.3 is 19.8 Å². The normalized spacial score (nSPS) is 14.2. The number of aromatic nitrogens is 4. The summed E-state index contributed by atoms with van der Waals surface area (Å²) in [6, 6.07) is 9.05. The second-order valence-electron chi connectivity index (χ2n) is 7.62. The van der Waals surface area contributed by atoms with E-state index in [0.29, 0.717) is 48.6 Å². The van der Waals surface area contributed by atoms with Crippen molar-refractivity contribution in [3.63, 3.8) is 0 Å². The summed E-state index contributed by atoms with van der Waals surface area (Å²) in [6.07, 6.45) is 1.46. The minimum absolute atomic E-state index is 0.112. The molecule has 31 heavy (non-hydrogen) atoms. The van der Waals surface area contributed by atoms with Gasteiger partial charge in [0, 0.05) is 46.0 Å². The van der Waals surface area contributed by atoms with Gasteiger partial charge in [0.25, 0.3) is 11.5 Å². The number of rotatable bonds is 5. The van der Waals surface area contributed by atoms with Crippen molar-refractivity contribution in [3.05, 3.63) is 52.7 Å². The Bertz CT molecular complexity index is 1140. The molecular weight excluding hydrogens is 398 g/mol. The summed E-state index contributed by atoms with van der Waals surface area (Å²) in [5, 5.41) is 17.7. The third-order valence-corrected chi connectivity index (χ3v) is 5.41. The fourth-order valence-corrected chi connectivity index (χ4v) is 3.62. The van der Waals surface area contributed by atoms with Crippen LogP contribution in [0.1, 0.15) is 10.5 Å². The van der Waals surface area contributed by atoms with Crippen molar-refractivity contribution in [1.82, 2.24) is 24.6 Å². The molecule has 1 aliphatic heterocycles. The fourth-order valence-electron chi connectivity index (χ4n) is 3.62. The van der Waals surface area contributed by atoms with Gasteiger partial charge in [-0.05, 0) is 30.3 Å². The number of fused-ring (bicyclic) bond motifs is 1. The van der Waals surface area contributed by atoms with Crippen molar-refractivity contribution in [2.24, 2.45) is 0 Å². The third-order valence-electron chi connectivity index (χ3n) is 5.41. The minimum atomic E-state index is -0.164. The lowest BCUT2D eigenvalue weighted by atomic mass is 10.2. The first-order valence-electron chi connectivity index (χ1n) is 10.1. The van der Waals surface area contributed by atoms with E-state index in [9.17, 15) is 9.59 Å². The maximum absolute atomic E-state index is 12.7. The Balaban J connectivity index is 1.44. The zero-order chi connectivity index (χ0) is 22.0. The van der Waals surface area contributed by atoms with Crippen molar-refractivity contribution in [1.29, 1.82) is 0 Å². The third kappa shape index (κ3) is 4.19. The minimum Gasteiger partial charge on any atom is -0.395 e. The highest BCUT2D eigenvalue weighted by molar-refractivity contribution is 5.92. The van der Waals surface area contributed by atoms with Crippen molar-refractivity contribution >= 4 is 28.3 Å². The molecule has 1 N–H and O–H groups in total.